The van der Waals surface area contributed by atoms with Crippen LogP contribution in [-0.2, 0) is 0 Å². The van der Waals surface area contributed by atoms with E-state index in [4.69, 9.17) is 0 Å². The van der Waals surface area contributed by atoms with Crippen LogP contribution < -0.4 is 5.32 Å². The van der Waals surface area contributed by atoms with Gasteiger partial charge in [0.25, 0.3) is 0 Å². The molecule has 0 amide bonds. The van der Waals surface area contributed by atoms with E-state index >= 15 is 0 Å². The molecule has 4 rings (SSSR count). The Hall–Kier alpha value is -0.0800. The van der Waals surface area contributed by atoms with Crippen LogP contribution in [0.25, 0.3) is 0 Å². The Balaban J connectivity index is 1.78. The average molecular weight is 138 g/mol. The molecule has 10 heavy (non-hydrogen) atoms. The predicted octanol–water partition coefficient (Wildman–Crippen LogP) is -0.0885. The summed E-state index contributed by atoms with van der Waals surface area (Å²) in [6, 6.07) is 0. The molecule has 1 spiro atoms. The van der Waals surface area contributed by atoms with Crippen molar-refractivity contribution in [3.05, 3.63) is 0 Å². The highest BCUT2D eigenvalue weighted by Gasteiger charge is 2.48. The van der Waals surface area contributed by atoms with Crippen LogP contribution in [0.5, 0.6) is 0 Å². The number of nitrogens with zero attached hydrogens (tertiary/aromatic N) is 1. The summed E-state index contributed by atoms with van der Waals surface area (Å²) in [6.07, 6.45) is 1.51. The number of piperidine rings is 2. The van der Waals surface area contributed by atoms with Gasteiger partial charge in [0, 0.05) is 38.1 Å². The van der Waals surface area contributed by atoms with E-state index in [9.17, 15) is 0 Å². The van der Waals surface area contributed by atoms with Gasteiger partial charge in [-0.3, -0.25) is 0 Å². The third-order valence-corrected chi connectivity index (χ3v) is 3.31. The fraction of sp³-hybridized carbons (Fsp3) is 1.00. The fourth-order valence-corrected chi connectivity index (χ4v) is 2.82. The minimum atomic E-state index is 0.737. The molecule has 2 bridgehead atoms. The molecule has 4 aliphatic heterocycles. The van der Waals surface area contributed by atoms with E-state index in [1.54, 1.807) is 0 Å². The van der Waals surface area contributed by atoms with Crippen molar-refractivity contribution in [3.8, 4) is 0 Å². The molecule has 1 N–H and O–H groups in total. The van der Waals surface area contributed by atoms with Gasteiger partial charge in [-0.25, -0.2) is 0 Å². The van der Waals surface area contributed by atoms with E-state index in [0.717, 1.165) is 11.3 Å². The quantitative estimate of drug-likeness (QED) is 0.503. The third kappa shape index (κ3) is 0.565. The van der Waals surface area contributed by atoms with Gasteiger partial charge in [-0.15, -0.1) is 0 Å². The van der Waals surface area contributed by atoms with Crippen molar-refractivity contribution in [1.82, 2.24) is 10.2 Å². The molecule has 4 fully saturated rings. The van der Waals surface area contributed by atoms with Crippen LogP contribution in [0, 0.1) is 11.3 Å². The summed E-state index contributed by atoms with van der Waals surface area (Å²) in [4.78, 5) is 2.61. The Bertz CT molecular complexity index is 145. The van der Waals surface area contributed by atoms with Gasteiger partial charge in [-0.05, 0) is 12.3 Å². The van der Waals surface area contributed by atoms with Crippen molar-refractivity contribution < 1.29 is 0 Å². The number of hydrogen-bond acceptors (Lipinski definition) is 2. The van der Waals surface area contributed by atoms with Crippen molar-refractivity contribution in [2.75, 3.05) is 32.7 Å². The summed E-state index contributed by atoms with van der Waals surface area (Å²) >= 11 is 0. The zero-order chi connectivity index (χ0) is 6.60. The van der Waals surface area contributed by atoms with Crippen molar-refractivity contribution in [2.45, 2.75) is 6.42 Å². The van der Waals surface area contributed by atoms with Gasteiger partial charge in [-0.2, -0.15) is 0 Å². The molecule has 0 radical (unpaired) electrons. The molecular weight excluding hydrogens is 124 g/mol. The molecule has 0 aromatic carbocycles. The topological polar surface area (TPSA) is 15.3 Å². The average Bonchev–Trinajstić information content (AvgIpc) is 1.84. The molecular formula is C8H14N2. The SMILES string of the molecule is C1C2CN1CC1(CNC1)C2. The highest BCUT2D eigenvalue weighted by Crippen LogP contribution is 2.41. The normalized spacial score (nSPS) is 48.0. The fourth-order valence-electron chi connectivity index (χ4n) is 2.82. The smallest absolute Gasteiger partial charge is 0.00833 e. The second-order valence-electron chi connectivity index (χ2n) is 4.37. The highest BCUT2D eigenvalue weighted by molar-refractivity contribution is 5.04. The molecule has 0 atom stereocenters. The molecule has 56 valence electrons. The molecule has 0 aliphatic carbocycles. The minimum Gasteiger partial charge on any atom is -0.315 e. The molecule has 4 aliphatic rings. The Labute approximate surface area is 61.6 Å². The Morgan fingerprint density at radius 3 is 2.40 bits per heavy atom. The lowest BCUT2D eigenvalue weighted by Gasteiger charge is -2.58. The van der Waals surface area contributed by atoms with E-state index in [1.165, 1.54) is 39.1 Å². The first-order valence-corrected chi connectivity index (χ1v) is 4.29. The van der Waals surface area contributed by atoms with E-state index in [2.05, 4.69) is 10.2 Å². The van der Waals surface area contributed by atoms with Crippen molar-refractivity contribution in [1.29, 1.82) is 0 Å². The van der Waals surface area contributed by atoms with E-state index in [0.29, 0.717) is 0 Å². The van der Waals surface area contributed by atoms with Gasteiger partial charge in [-0.1, -0.05) is 0 Å². The summed E-state index contributed by atoms with van der Waals surface area (Å²) in [5.74, 6) is 1.07. The molecule has 0 aromatic rings. The maximum atomic E-state index is 3.39. The van der Waals surface area contributed by atoms with E-state index < -0.39 is 0 Å². The summed E-state index contributed by atoms with van der Waals surface area (Å²) in [6.45, 7) is 6.78. The van der Waals surface area contributed by atoms with Crippen LogP contribution >= 0.6 is 0 Å². The van der Waals surface area contributed by atoms with Gasteiger partial charge in [0.2, 0.25) is 0 Å². The summed E-state index contributed by atoms with van der Waals surface area (Å²) in [5, 5.41) is 3.39. The second-order valence-corrected chi connectivity index (χ2v) is 4.37. The Morgan fingerprint density at radius 2 is 2.10 bits per heavy atom. The first kappa shape index (κ1) is 5.56. The second kappa shape index (κ2) is 1.56. The largest absolute Gasteiger partial charge is 0.315 e. The highest BCUT2D eigenvalue weighted by atomic mass is 15.2. The maximum absolute atomic E-state index is 3.39. The Kier molecular flexibility index (Phi) is 0.868. The van der Waals surface area contributed by atoms with Crippen LogP contribution in [0.3, 0.4) is 0 Å². The maximum Gasteiger partial charge on any atom is 0.00833 e. The molecule has 4 saturated heterocycles. The number of nitrogens with one attached hydrogen (secondary N) is 1. The lowest BCUT2D eigenvalue weighted by Crippen LogP contribution is -2.68. The molecule has 0 aromatic heterocycles. The molecule has 4 heterocycles. The minimum absolute atomic E-state index is 0.737. The van der Waals surface area contributed by atoms with Gasteiger partial charge in [0.05, 0.1) is 0 Å². The number of hydrogen-bond donors (Lipinski definition) is 1. The zero-order valence-corrected chi connectivity index (χ0v) is 6.27. The standard InChI is InChI=1S/C8H14N2/c1-7-2-10(3-7)6-8(1)4-9-5-8/h7,9H,1-6H2. The monoisotopic (exact) mass is 138 g/mol. The zero-order valence-electron chi connectivity index (χ0n) is 6.27. The lowest BCUT2D eigenvalue weighted by atomic mass is 9.67. The van der Waals surface area contributed by atoms with E-state index in [-0.39, 0.29) is 0 Å². The Morgan fingerprint density at radius 1 is 1.30 bits per heavy atom. The van der Waals surface area contributed by atoms with Crippen molar-refractivity contribution in [3.63, 3.8) is 0 Å². The summed E-state index contributed by atoms with van der Waals surface area (Å²) in [5.41, 5.74) is 0.737. The van der Waals surface area contributed by atoms with Crippen LogP contribution in [0.4, 0.5) is 0 Å². The number of rotatable bonds is 0. The predicted molar refractivity (Wildman–Crippen MR) is 39.8 cm³/mol. The van der Waals surface area contributed by atoms with Crippen molar-refractivity contribution in [2.24, 2.45) is 11.3 Å². The molecule has 2 nitrogen and oxygen atoms in total. The van der Waals surface area contributed by atoms with Crippen molar-refractivity contribution >= 4 is 0 Å². The third-order valence-electron chi connectivity index (χ3n) is 3.31. The van der Waals surface area contributed by atoms with Crippen LogP contribution in [0.2, 0.25) is 0 Å². The van der Waals surface area contributed by atoms with Gasteiger partial charge >= 0.3 is 0 Å². The summed E-state index contributed by atoms with van der Waals surface area (Å²) < 4.78 is 0. The first-order chi connectivity index (χ1) is 4.86. The first-order valence-electron chi connectivity index (χ1n) is 4.29. The van der Waals surface area contributed by atoms with Crippen LogP contribution in [-0.4, -0.2) is 37.6 Å². The summed E-state index contributed by atoms with van der Waals surface area (Å²) in [7, 11) is 0. The van der Waals surface area contributed by atoms with Gasteiger partial charge in [0.1, 0.15) is 0 Å². The van der Waals surface area contributed by atoms with E-state index in [1.807, 2.05) is 0 Å². The molecule has 0 saturated carbocycles. The van der Waals surface area contributed by atoms with Crippen LogP contribution in [0.1, 0.15) is 6.42 Å². The molecule has 0 unspecified atom stereocenters. The van der Waals surface area contributed by atoms with Crippen LogP contribution in [0.15, 0.2) is 0 Å². The van der Waals surface area contributed by atoms with Gasteiger partial charge in [0.15, 0.2) is 0 Å². The lowest BCUT2D eigenvalue weighted by molar-refractivity contribution is -0.0687. The van der Waals surface area contributed by atoms with Gasteiger partial charge < -0.3 is 10.2 Å². The molecule has 2 heteroatoms.